The van der Waals surface area contributed by atoms with Gasteiger partial charge in [0.1, 0.15) is 0 Å². The zero-order valence-corrected chi connectivity index (χ0v) is 19.7. The van der Waals surface area contributed by atoms with Crippen molar-refractivity contribution in [3.8, 4) is 0 Å². The van der Waals surface area contributed by atoms with Gasteiger partial charge in [0.05, 0.1) is 0 Å². The summed E-state index contributed by atoms with van der Waals surface area (Å²) in [6.45, 7) is 1.44. The van der Waals surface area contributed by atoms with Crippen molar-refractivity contribution >= 4 is 25.3 Å². The molecule has 0 unspecified atom stereocenters. The van der Waals surface area contributed by atoms with Gasteiger partial charge in [-0.3, -0.25) is 0 Å². The number of rotatable bonds is 1. The van der Waals surface area contributed by atoms with Crippen molar-refractivity contribution in [2.75, 3.05) is 0 Å². The van der Waals surface area contributed by atoms with Gasteiger partial charge in [-0.05, 0) is 0 Å². The van der Waals surface area contributed by atoms with E-state index in [0.29, 0.717) is 17.7 Å². The molecule has 194 valence electrons. The van der Waals surface area contributed by atoms with Gasteiger partial charge in [-0.1, -0.05) is 0 Å². The second kappa shape index (κ2) is 7.00. The molecule has 0 N–H and O–H groups in total. The summed E-state index contributed by atoms with van der Waals surface area (Å²) < 4.78 is 173. The molecule has 0 saturated carbocycles. The van der Waals surface area contributed by atoms with Crippen LogP contribution in [0.15, 0.2) is 48.5 Å². The van der Waals surface area contributed by atoms with Crippen LogP contribution in [0.25, 0.3) is 0 Å². The molecular weight excluding hydrogens is 622 g/mol. The second-order valence-corrected chi connectivity index (χ2v) is 19.5. The van der Waals surface area contributed by atoms with Gasteiger partial charge in [0.2, 0.25) is 0 Å². The Bertz CT molecular complexity index is 1120. The zero-order chi connectivity index (χ0) is 26.5. The summed E-state index contributed by atoms with van der Waals surface area (Å²) in [7, 11) is 0. The summed E-state index contributed by atoms with van der Waals surface area (Å²) in [5, 5.41) is 0. The van der Waals surface area contributed by atoms with Gasteiger partial charge in [-0.25, -0.2) is 0 Å². The van der Waals surface area contributed by atoms with Crippen molar-refractivity contribution in [3.05, 3.63) is 59.7 Å². The Hall–Kier alpha value is -1.66. The first kappa shape index (κ1) is 26.4. The van der Waals surface area contributed by atoms with Gasteiger partial charge in [-0.2, -0.15) is 0 Å². The van der Waals surface area contributed by atoms with Gasteiger partial charge in [-0.15, -0.1) is 0 Å². The van der Waals surface area contributed by atoms with Crippen molar-refractivity contribution in [2.45, 2.75) is 47.2 Å². The minimum absolute atomic E-state index is 0.334. The average Bonchev–Trinajstić information content (AvgIpc) is 2.96. The van der Waals surface area contributed by atoms with Gasteiger partial charge in [0, 0.05) is 0 Å². The van der Waals surface area contributed by atoms with Crippen LogP contribution in [0.2, 0.25) is 4.37 Å². The summed E-state index contributed by atoms with van der Waals surface area (Å²) >= 11 is -7.50. The molecule has 0 atom stereocenters. The minimum atomic E-state index is -7.50. The molecule has 2 aromatic carbocycles. The van der Waals surface area contributed by atoms with Crippen LogP contribution in [0, 0.1) is 6.92 Å². The molecule has 2 aromatic rings. The molecule has 4 rings (SSSR count). The first-order valence-electron chi connectivity index (χ1n) is 9.56. The Morgan fingerprint density at radius 3 is 1.54 bits per heavy atom. The van der Waals surface area contributed by atoms with E-state index in [1.54, 1.807) is 0 Å². The Labute approximate surface area is 191 Å². The number of halogens is 12. The Morgan fingerprint density at radius 2 is 1.11 bits per heavy atom. The molecule has 0 amide bonds. The molecule has 15 heteroatoms. The molecule has 0 radical (unpaired) electrons. The number of fused-ring (bicyclic) bond motifs is 2. The third-order valence-electron chi connectivity index (χ3n) is 6.23. The fourth-order valence-corrected chi connectivity index (χ4v) is 21.5. The van der Waals surface area contributed by atoms with Crippen LogP contribution >= 0.6 is 0 Å². The van der Waals surface area contributed by atoms with Crippen molar-refractivity contribution in [1.29, 1.82) is 0 Å². The fourth-order valence-electron chi connectivity index (χ4n) is 4.66. The third-order valence-corrected chi connectivity index (χ3v) is 20.7. The SMILES string of the molecule is Cc1cc[c]([Sb]23([CH2]C(C(F)(F)F)(C(F)(F)F)[O]2)[O]C(C(F)(F)F)(C(F)(F)F)c2cccc[c]23)cc1. The van der Waals surface area contributed by atoms with E-state index in [9.17, 15) is 52.7 Å². The summed E-state index contributed by atoms with van der Waals surface area (Å²) in [6, 6.07) is 6.56. The van der Waals surface area contributed by atoms with Gasteiger partial charge in [0.15, 0.2) is 0 Å². The molecular formula is C20H13F12O2Sb. The van der Waals surface area contributed by atoms with Crippen LogP contribution in [0.1, 0.15) is 11.1 Å². The number of hydrogen-bond acceptors (Lipinski definition) is 2. The van der Waals surface area contributed by atoms with Crippen LogP contribution in [-0.2, 0) is 11.6 Å². The van der Waals surface area contributed by atoms with Gasteiger partial charge >= 0.3 is 191 Å². The Balaban J connectivity index is 2.15. The van der Waals surface area contributed by atoms with Crippen molar-refractivity contribution in [1.82, 2.24) is 0 Å². The first-order chi connectivity index (χ1) is 15.7. The van der Waals surface area contributed by atoms with Crippen LogP contribution < -0.4 is 7.02 Å². The first-order valence-corrected chi connectivity index (χ1v) is 16.0. The Morgan fingerprint density at radius 1 is 0.657 bits per heavy atom. The number of aryl methyl sites for hydroxylation is 1. The maximum atomic E-state index is 14.2. The summed E-state index contributed by atoms with van der Waals surface area (Å²) in [4.78, 5) is 0. The molecule has 2 aliphatic heterocycles. The second-order valence-electron chi connectivity index (χ2n) is 8.32. The predicted molar refractivity (Wildman–Crippen MR) is 98.2 cm³/mol. The monoisotopic (exact) mass is 634 g/mol. The zero-order valence-electron chi connectivity index (χ0n) is 17.1. The summed E-state index contributed by atoms with van der Waals surface area (Å²) in [6.07, 6.45) is -25.1. The van der Waals surface area contributed by atoms with E-state index in [-0.39, 0.29) is 0 Å². The standard InChI is InChI=1S/C9H4F6O.C7H7.C4H2F6O.Sb/c10-8(11,12)7(16,9(13,14)15)6-4-2-1-3-5-6;1-7-5-3-2-4-6-7;1-2(11,3(5,6)7)4(8,9)10;/h1-4H;3-6H,1H3;1H2;/q-1;;-1;+2. The molecule has 2 heterocycles. The summed E-state index contributed by atoms with van der Waals surface area (Å²) in [5.41, 5.74) is -11.5. The van der Waals surface area contributed by atoms with E-state index in [1.165, 1.54) is 6.92 Å². The van der Waals surface area contributed by atoms with Crippen LogP contribution in [-0.4, -0.2) is 48.5 Å². The van der Waals surface area contributed by atoms with Crippen LogP contribution in [0.3, 0.4) is 0 Å². The van der Waals surface area contributed by atoms with E-state index in [0.717, 1.165) is 36.4 Å². The predicted octanol–water partition coefficient (Wildman–Crippen LogP) is 5.75. The molecule has 35 heavy (non-hydrogen) atoms. The molecule has 1 spiro atoms. The molecule has 0 aliphatic carbocycles. The average molecular weight is 635 g/mol. The van der Waals surface area contributed by atoms with E-state index >= 15 is 0 Å². The van der Waals surface area contributed by atoms with Crippen molar-refractivity contribution < 1.29 is 58.7 Å². The van der Waals surface area contributed by atoms with Gasteiger partial charge < -0.3 is 0 Å². The number of benzene rings is 2. The van der Waals surface area contributed by atoms with Crippen LogP contribution in [0.5, 0.6) is 0 Å². The fraction of sp³-hybridized carbons (Fsp3) is 0.400. The Kier molecular flexibility index (Phi) is 5.28. The molecule has 0 aromatic heterocycles. The normalized spacial score (nSPS) is 23.7. The topological polar surface area (TPSA) is 18.5 Å². The van der Waals surface area contributed by atoms with Crippen molar-refractivity contribution in [2.24, 2.45) is 0 Å². The van der Waals surface area contributed by atoms with E-state index in [1.807, 2.05) is 0 Å². The molecule has 1 fully saturated rings. The van der Waals surface area contributed by atoms with E-state index in [2.05, 4.69) is 3.02 Å². The summed E-state index contributed by atoms with van der Waals surface area (Å²) in [5.74, 6) is 0. The van der Waals surface area contributed by atoms with E-state index < -0.39 is 71.1 Å². The van der Waals surface area contributed by atoms with E-state index in [4.69, 9.17) is 3.02 Å². The van der Waals surface area contributed by atoms with Crippen LogP contribution in [0.4, 0.5) is 52.7 Å². The molecule has 0 bridgehead atoms. The number of hydrogen-bond donors (Lipinski definition) is 0. The molecule has 2 nitrogen and oxygen atoms in total. The third kappa shape index (κ3) is 3.08. The quantitative estimate of drug-likeness (QED) is 0.294. The maximum absolute atomic E-state index is 14.2. The molecule has 2 aliphatic rings. The van der Waals surface area contributed by atoms with Crippen molar-refractivity contribution in [3.63, 3.8) is 0 Å². The number of alkyl halides is 12. The van der Waals surface area contributed by atoms with Gasteiger partial charge in [0.25, 0.3) is 0 Å². The molecule has 1 saturated heterocycles.